The number of piperidine rings is 1. The first-order valence-electron chi connectivity index (χ1n) is 9.91. The highest BCUT2D eigenvalue weighted by Crippen LogP contribution is 2.56. The van der Waals surface area contributed by atoms with E-state index in [0.29, 0.717) is 17.7 Å². The summed E-state index contributed by atoms with van der Waals surface area (Å²) in [7, 11) is 0. The molecule has 2 aromatic carbocycles. The fraction of sp³-hybridized carbons (Fsp3) is 0.455. The number of benzene rings is 2. The van der Waals surface area contributed by atoms with Crippen LogP contribution in [0.25, 0.3) is 21.8 Å². The summed E-state index contributed by atoms with van der Waals surface area (Å²) in [5.74, 6) is 1.26. The minimum atomic E-state index is 0.216. The maximum atomic E-state index is 10.9. The number of H-pyrrole nitrogens is 1. The number of hydrogen-bond donors (Lipinski definition) is 4. The van der Waals surface area contributed by atoms with Gasteiger partial charge in [-0.3, -0.25) is 0 Å². The van der Waals surface area contributed by atoms with Crippen LogP contribution in [0.2, 0.25) is 0 Å². The van der Waals surface area contributed by atoms with Gasteiger partial charge in [0, 0.05) is 22.2 Å². The molecule has 1 saturated heterocycles. The van der Waals surface area contributed by atoms with Gasteiger partial charge in [-0.05, 0) is 61.4 Å². The van der Waals surface area contributed by atoms with Crippen LogP contribution in [0.15, 0.2) is 24.3 Å². The van der Waals surface area contributed by atoms with Gasteiger partial charge in [-0.1, -0.05) is 25.0 Å². The Hall–Kier alpha value is -2.20. The van der Waals surface area contributed by atoms with Crippen molar-refractivity contribution in [1.29, 1.82) is 0 Å². The van der Waals surface area contributed by atoms with Crippen LogP contribution in [0.4, 0.5) is 0 Å². The molecule has 0 amide bonds. The second-order valence-electron chi connectivity index (χ2n) is 8.52. The molecule has 3 aromatic rings. The van der Waals surface area contributed by atoms with Crippen molar-refractivity contribution < 1.29 is 10.2 Å². The summed E-state index contributed by atoms with van der Waals surface area (Å²) in [5.41, 5.74) is 4.48. The number of aromatic hydroxyl groups is 2. The zero-order chi connectivity index (χ0) is 17.5. The van der Waals surface area contributed by atoms with Gasteiger partial charge in [0.1, 0.15) is 11.5 Å². The quantitative estimate of drug-likeness (QED) is 0.495. The Morgan fingerprint density at radius 3 is 2.88 bits per heavy atom. The molecule has 1 aromatic heterocycles. The summed E-state index contributed by atoms with van der Waals surface area (Å²) in [5, 5.41) is 27.1. The molecule has 3 aliphatic rings. The molecule has 1 aliphatic heterocycles. The first-order chi connectivity index (χ1) is 12.7. The van der Waals surface area contributed by atoms with Gasteiger partial charge >= 0.3 is 0 Å². The van der Waals surface area contributed by atoms with E-state index in [0.717, 1.165) is 34.8 Å². The first kappa shape index (κ1) is 14.9. The Labute approximate surface area is 152 Å². The smallest absolute Gasteiger partial charge is 0.139 e. The number of rotatable bonds is 0. The van der Waals surface area contributed by atoms with Crippen LogP contribution in [0.1, 0.15) is 43.2 Å². The monoisotopic (exact) mass is 348 g/mol. The normalized spacial score (nSPS) is 30.3. The predicted octanol–water partition coefficient (Wildman–Crippen LogP) is 4.08. The van der Waals surface area contributed by atoms with E-state index in [9.17, 15) is 10.2 Å². The Bertz CT molecular complexity index is 1050. The van der Waals surface area contributed by atoms with E-state index in [1.165, 1.54) is 43.2 Å². The zero-order valence-electron chi connectivity index (χ0n) is 14.8. The molecule has 4 N–H and O–H groups in total. The fourth-order valence-electron chi connectivity index (χ4n) is 6.48. The third kappa shape index (κ3) is 1.69. The summed E-state index contributed by atoms with van der Waals surface area (Å²) < 4.78 is 0. The summed E-state index contributed by atoms with van der Waals surface area (Å²) in [6.07, 6.45) is 7.33. The molecule has 1 saturated carbocycles. The highest BCUT2D eigenvalue weighted by molar-refractivity contribution is 6.13. The molecule has 3 unspecified atom stereocenters. The van der Waals surface area contributed by atoms with Crippen LogP contribution in [0, 0.1) is 5.92 Å². The molecule has 0 spiro atoms. The van der Waals surface area contributed by atoms with Gasteiger partial charge in [-0.2, -0.15) is 0 Å². The van der Waals surface area contributed by atoms with Gasteiger partial charge in [-0.15, -0.1) is 0 Å². The average Bonchev–Trinajstić information content (AvgIpc) is 3.05. The van der Waals surface area contributed by atoms with Gasteiger partial charge in [0.15, 0.2) is 0 Å². The largest absolute Gasteiger partial charge is 0.506 e. The molecule has 134 valence electrons. The number of aromatic nitrogens is 1. The molecule has 3 atom stereocenters. The molecule has 4 nitrogen and oxygen atoms in total. The van der Waals surface area contributed by atoms with E-state index in [4.69, 9.17) is 0 Å². The first-order valence-corrected chi connectivity index (χ1v) is 9.91. The number of hydrogen-bond acceptors (Lipinski definition) is 3. The lowest BCUT2D eigenvalue weighted by molar-refractivity contribution is 0.0801. The molecular formula is C22H24N2O2. The SMILES string of the molecule is Oc1cccc2c1[nH]c1c(O)cc3c(c12)CC1NCCC32CCCCC12. The van der Waals surface area contributed by atoms with Crippen LogP contribution in [-0.2, 0) is 11.8 Å². The predicted molar refractivity (Wildman–Crippen MR) is 103 cm³/mol. The lowest BCUT2D eigenvalue weighted by atomic mass is 9.52. The summed E-state index contributed by atoms with van der Waals surface area (Å²) in [4.78, 5) is 3.28. The van der Waals surface area contributed by atoms with Gasteiger partial charge in [0.25, 0.3) is 0 Å². The van der Waals surface area contributed by atoms with Crippen LogP contribution in [0.5, 0.6) is 11.5 Å². The third-order valence-corrected chi connectivity index (χ3v) is 7.50. The van der Waals surface area contributed by atoms with Crippen LogP contribution in [0.3, 0.4) is 0 Å². The topological polar surface area (TPSA) is 68.3 Å². The number of nitrogens with one attached hydrogen (secondary N) is 2. The van der Waals surface area contributed by atoms with Crippen molar-refractivity contribution in [2.75, 3.05) is 6.54 Å². The summed E-state index contributed by atoms with van der Waals surface area (Å²) >= 11 is 0. The lowest BCUT2D eigenvalue weighted by Gasteiger charge is -2.56. The fourth-order valence-corrected chi connectivity index (χ4v) is 6.48. The minimum absolute atomic E-state index is 0.216. The van der Waals surface area contributed by atoms with E-state index in [1.54, 1.807) is 6.07 Å². The van der Waals surface area contributed by atoms with Crippen molar-refractivity contribution in [3.8, 4) is 11.5 Å². The molecule has 6 rings (SSSR count). The Kier molecular flexibility index (Phi) is 2.84. The van der Waals surface area contributed by atoms with Crippen molar-refractivity contribution >= 4 is 21.8 Å². The molecule has 2 heterocycles. The number of phenolic OH excluding ortho intramolecular Hbond substituents is 2. The second-order valence-corrected chi connectivity index (χ2v) is 8.52. The maximum Gasteiger partial charge on any atom is 0.139 e. The third-order valence-electron chi connectivity index (χ3n) is 7.50. The van der Waals surface area contributed by atoms with Crippen molar-refractivity contribution in [2.45, 2.75) is 50.0 Å². The maximum absolute atomic E-state index is 10.9. The highest BCUT2D eigenvalue weighted by atomic mass is 16.3. The molecular weight excluding hydrogens is 324 g/mol. The summed E-state index contributed by atoms with van der Waals surface area (Å²) in [6.45, 7) is 1.08. The van der Waals surface area contributed by atoms with Crippen LogP contribution < -0.4 is 5.32 Å². The van der Waals surface area contributed by atoms with E-state index in [1.807, 2.05) is 12.1 Å². The van der Waals surface area contributed by atoms with Crippen molar-refractivity contribution in [1.82, 2.24) is 10.3 Å². The molecule has 26 heavy (non-hydrogen) atoms. The standard InChI is InChI=1S/C22H24N2O2/c25-17-6-3-4-12-19-13-10-16-14-5-1-2-7-22(14,8-9-23-16)15(13)11-18(26)21(19)24-20(12)17/h3-4,6,11,14,16,23-26H,1-2,5,7-10H2. The van der Waals surface area contributed by atoms with Gasteiger partial charge < -0.3 is 20.5 Å². The molecule has 4 heteroatoms. The number of para-hydroxylation sites is 1. The van der Waals surface area contributed by atoms with E-state index in [-0.39, 0.29) is 11.2 Å². The Morgan fingerprint density at radius 1 is 1.04 bits per heavy atom. The zero-order valence-corrected chi connectivity index (χ0v) is 14.8. The molecule has 2 bridgehead atoms. The van der Waals surface area contributed by atoms with Crippen molar-refractivity contribution in [3.63, 3.8) is 0 Å². The number of fused-ring (bicyclic) bond motifs is 5. The van der Waals surface area contributed by atoms with Crippen LogP contribution in [-0.4, -0.2) is 27.8 Å². The van der Waals surface area contributed by atoms with E-state index in [2.05, 4.69) is 16.4 Å². The number of phenols is 2. The highest BCUT2D eigenvalue weighted by Gasteiger charge is 2.52. The average molecular weight is 348 g/mol. The molecule has 2 aliphatic carbocycles. The van der Waals surface area contributed by atoms with Crippen LogP contribution >= 0.6 is 0 Å². The lowest BCUT2D eigenvalue weighted by Crippen LogP contribution is -2.59. The Balaban J connectivity index is 1.74. The van der Waals surface area contributed by atoms with Gasteiger partial charge in [0.05, 0.1) is 11.0 Å². The summed E-state index contributed by atoms with van der Waals surface area (Å²) in [6, 6.07) is 8.23. The van der Waals surface area contributed by atoms with Gasteiger partial charge in [0.2, 0.25) is 0 Å². The number of aromatic amines is 1. The van der Waals surface area contributed by atoms with E-state index < -0.39 is 0 Å². The molecule has 2 fully saturated rings. The van der Waals surface area contributed by atoms with Crippen molar-refractivity contribution in [3.05, 3.63) is 35.4 Å². The van der Waals surface area contributed by atoms with Crippen molar-refractivity contribution in [2.24, 2.45) is 5.92 Å². The van der Waals surface area contributed by atoms with Gasteiger partial charge in [-0.25, -0.2) is 0 Å². The minimum Gasteiger partial charge on any atom is -0.506 e. The Morgan fingerprint density at radius 2 is 1.96 bits per heavy atom. The second kappa shape index (κ2) is 4.95. The van der Waals surface area contributed by atoms with E-state index >= 15 is 0 Å². The molecule has 0 radical (unpaired) electrons.